The number of nitrogens with zero attached hydrogens (tertiary/aromatic N) is 4. The molecule has 7 nitrogen and oxygen atoms in total. The van der Waals surface area contributed by atoms with Gasteiger partial charge < -0.3 is 15.1 Å². The molecule has 2 N–H and O–H groups in total. The number of aliphatic imine (C=N–C) groups is 1. The second-order valence-electron chi connectivity index (χ2n) is 4.87. The fourth-order valence-electron chi connectivity index (χ4n) is 2.10. The smallest absolute Gasteiger partial charge is 0.191 e. The van der Waals surface area contributed by atoms with Gasteiger partial charge in [0.25, 0.3) is 0 Å². The van der Waals surface area contributed by atoms with Gasteiger partial charge in [0.05, 0.1) is 18.5 Å². The predicted molar refractivity (Wildman–Crippen MR) is 87.1 cm³/mol. The van der Waals surface area contributed by atoms with E-state index in [-0.39, 0.29) is 0 Å². The van der Waals surface area contributed by atoms with Crippen LogP contribution in [0.1, 0.15) is 11.3 Å². The number of guanidine groups is 1. The van der Waals surface area contributed by atoms with Gasteiger partial charge in [-0.05, 0) is 29.8 Å². The van der Waals surface area contributed by atoms with Crippen molar-refractivity contribution in [2.75, 3.05) is 7.05 Å². The zero-order chi connectivity index (χ0) is 15.9. The Labute approximate surface area is 134 Å². The van der Waals surface area contributed by atoms with Crippen molar-refractivity contribution in [3.8, 4) is 5.69 Å². The Morgan fingerprint density at radius 3 is 2.65 bits per heavy atom. The maximum atomic E-state index is 5.28. The molecule has 2 aromatic heterocycles. The molecule has 0 aliphatic carbocycles. The SMILES string of the molecule is CN=C(NCc1ccc(-n2cncn2)cc1)NCc1ccco1. The van der Waals surface area contributed by atoms with E-state index in [9.17, 15) is 0 Å². The van der Waals surface area contributed by atoms with Gasteiger partial charge in [0.15, 0.2) is 5.96 Å². The summed E-state index contributed by atoms with van der Waals surface area (Å²) in [6.07, 6.45) is 4.85. The highest BCUT2D eigenvalue weighted by Crippen LogP contribution is 2.07. The molecule has 0 amide bonds. The van der Waals surface area contributed by atoms with Gasteiger partial charge in [-0.15, -0.1) is 0 Å². The van der Waals surface area contributed by atoms with Crippen LogP contribution < -0.4 is 10.6 Å². The number of hydrogen-bond donors (Lipinski definition) is 2. The van der Waals surface area contributed by atoms with Crippen LogP contribution in [0.2, 0.25) is 0 Å². The van der Waals surface area contributed by atoms with Crippen molar-refractivity contribution in [1.82, 2.24) is 25.4 Å². The van der Waals surface area contributed by atoms with Crippen LogP contribution in [0.25, 0.3) is 5.69 Å². The quantitative estimate of drug-likeness (QED) is 0.554. The molecule has 3 rings (SSSR count). The molecule has 3 aromatic rings. The highest BCUT2D eigenvalue weighted by atomic mass is 16.3. The van der Waals surface area contributed by atoms with E-state index in [0.717, 1.165) is 23.0 Å². The number of benzene rings is 1. The molecule has 0 fully saturated rings. The van der Waals surface area contributed by atoms with Crippen molar-refractivity contribution in [3.63, 3.8) is 0 Å². The topological polar surface area (TPSA) is 80.3 Å². The summed E-state index contributed by atoms with van der Waals surface area (Å²) >= 11 is 0. The number of nitrogens with one attached hydrogen (secondary N) is 2. The standard InChI is InChI=1S/C16H18N6O/c1-17-16(20-10-15-3-2-8-23-15)19-9-13-4-6-14(7-5-13)22-12-18-11-21-22/h2-8,11-12H,9-10H2,1H3,(H2,17,19,20). The van der Waals surface area contributed by atoms with Crippen molar-refractivity contribution in [2.45, 2.75) is 13.1 Å². The van der Waals surface area contributed by atoms with Crippen molar-refractivity contribution < 1.29 is 4.42 Å². The average molecular weight is 310 g/mol. The summed E-state index contributed by atoms with van der Waals surface area (Å²) in [6, 6.07) is 11.9. The van der Waals surface area contributed by atoms with E-state index in [0.29, 0.717) is 13.1 Å². The zero-order valence-electron chi connectivity index (χ0n) is 12.8. The van der Waals surface area contributed by atoms with Crippen molar-refractivity contribution in [1.29, 1.82) is 0 Å². The van der Waals surface area contributed by atoms with E-state index < -0.39 is 0 Å². The first-order valence-electron chi connectivity index (χ1n) is 7.26. The Kier molecular flexibility index (Phi) is 4.68. The Morgan fingerprint density at radius 1 is 1.17 bits per heavy atom. The summed E-state index contributed by atoms with van der Waals surface area (Å²) < 4.78 is 7.00. The first kappa shape index (κ1) is 14.8. The van der Waals surface area contributed by atoms with Crippen LogP contribution in [0.5, 0.6) is 0 Å². The molecule has 0 bridgehead atoms. The van der Waals surface area contributed by atoms with Crippen LogP contribution in [0.4, 0.5) is 0 Å². The van der Waals surface area contributed by atoms with Gasteiger partial charge in [-0.1, -0.05) is 12.1 Å². The van der Waals surface area contributed by atoms with E-state index >= 15 is 0 Å². The molecular weight excluding hydrogens is 292 g/mol. The van der Waals surface area contributed by atoms with Gasteiger partial charge in [0, 0.05) is 13.6 Å². The fraction of sp³-hybridized carbons (Fsp3) is 0.188. The van der Waals surface area contributed by atoms with Crippen LogP contribution in [0, 0.1) is 0 Å². The monoisotopic (exact) mass is 310 g/mol. The van der Waals surface area contributed by atoms with Crippen molar-refractivity contribution in [2.24, 2.45) is 4.99 Å². The number of aromatic nitrogens is 3. The average Bonchev–Trinajstić information content (AvgIpc) is 3.29. The van der Waals surface area contributed by atoms with Crippen molar-refractivity contribution >= 4 is 5.96 Å². The lowest BCUT2D eigenvalue weighted by atomic mass is 10.2. The maximum absolute atomic E-state index is 5.28. The van der Waals surface area contributed by atoms with E-state index in [1.807, 2.05) is 36.4 Å². The van der Waals surface area contributed by atoms with Crippen LogP contribution in [0.3, 0.4) is 0 Å². The zero-order valence-corrected chi connectivity index (χ0v) is 12.8. The molecule has 0 atom stereocenters. The summed E-state index contributed by atoms with van der Waals surface area (Å²) in [5.74, 6) is 1.59. The lowest BCUT2D eigenvalue weighted by molar-refractivity contribution is 0.501. The van der Waals surface area contributed by atoms with Gasteiger partial charge in [-0.3, -0.25) is 4.99 Å². The van der Waals surface area contributed by atoms with Gasteiger partial charge in [0.2, 0.25) is 0 Å². The van der Waals surface area contributed by atoms with E-state index in [1.54, 1.807) is 24.3 Å². The van der Waals surface area contributed by atoms with E-state index in [1.165, 1.54) is 6.33 Å². The molecule has 0 saturated heterocycles. The molecule has 23 heavy (non-hydrogen) atoms. The third-order valence-corrected chi connectivity index (χ3v) is 3.31. The molecule has 0 aliphatic heterocycles. The predicted octanol–water partition coefficient (Wildman–Crippen LogP) is 1.73. The third kappa shape index (κ3) is 3.97. The minimum Gasteiger partial charge on any atom is -0.467 e. The van der Waals surface area contributed by atoms with Gasteiger partial charge in [-0.25, -0.2) is 9.67 Å². The second kappa shape index (κ2) is 7.26. The van der Waals surface area contributed by atoms with E-state index in [4.69, 9.17) is 4.42 Å². The number of rotatable bonds is 5. The van der Waals surface area contributed by atoms with Crippen LogP contribution >= 0.6 is 0 Å². The molecule has 0 aliphatic rings. The van der Waals surface area contributed by atoms with Gasteiger partial charge >= 0.3 is 0 Å². The Hall–Kier alpha value is -3.09. The van der Waals surface area contributed by atoms with Crippen molar-refractivity contribution in [3.05, 3.63) is 66.6 Å². The third-order valence-electron chi connectivity index (χ3n) is 3.31. The normalized spacial score (nSPS) is 11.4. The number of hydrogen-bond acceptors (Lipinski definition) is 4. The summed E-state index contributed by atoms with van der Waals surface area (Å²) in [4.78, 5) is 8.13. The van der Waals surface area contributed by atoms with E-state index in [2.05, 4.69) is 25.7 Å². The maximum Gasteiger partial charge on any atom is 0.191 e. The fourth-order valence-corrected chi connectivity index (χ4v) is 2.10. The molecule has 0 unspecified atom stereocenters. The second-order valence-corrected chi connectivity index (χ2v) is 4.87. The van der Waals surface area contributed by atoms with Crippen LogP contribution in [0.15, 0.2) is 64.7 Å². The van der Waals surface area contributed by atoms with Gasteiger partial charge in [0.1, 0.15) is 18.4 Å². The molecule has 7 heteroatoms. The first-order chi connectivity index (χ1) is 11.3. The van der Waals surface area contributed by atoms with Gasteiger partial charge in [-0.2, -0.15) is 5.10 Å². The first-order valence-corrected chi connectivity index (χ1v) is 7.26. The van der Waals surface area contributed by atoms with Crippen LogP contribution in [-0.2, 0) is 13.1 Å². The Bertz CT molecular complexity index is 731. The highest BCUT2D eigenvalue weighted by Gasteiger charge is 2.01. The molecule has 2 heterocycles. The molecule has 118 valence electrons. The lowest BCUT2D eigenvalue weighted by Crippen LogP contribution is -2.36. The summed E-state index contributed by atoms with van der Waals surface area (Å²) in [5, 5.41) is 10.6. The Morgan fingerprint density at radius 2 is 2.00 bits per heavy atom. The lowest BCUT2D eigenvalue weighted by Gasteiger charge is -2.11. The minimum absolute atomic E-state index is 0.595. The minimum atomic E-state index is 0.595. The van der Waals surface area contributed by atoms with Crippen LogP contribution in [-0.4, -0.2) is 27.8 Å². The summed E-state index contributed by atoms with van der Waals surface area (Å²) in [5.41, 5.74) is 2.13. The number of furan rings is 1. The largest absolute Gasteiger partial charge is 0.467 e. The molecular formula is C16H18N6O. The molecule has 0 radical (unpaired) electrons. The summed E-state index contributed by atoms with van der Waals surface area (Å²) in [6.45, 7) is 1.27. The molecule has 0 saturated carbocycles. The molecule has 1 aromatic carbocycles. The highest BCUT2D eigenvalue weighted by molar-refractivity contribution is 5.79. The summed E-state index contributed by atoms with van der Waals surface area (Å²) in [7, 11) is 1.74. The Balaban J connectivity index is 1.52. The molecule has 0 spiro atoms.